The first-order valence-electron chi connectivity index (χ1n) is 12.5. The lowest BCUT2D eigenvalue weighted by Gasteiger charge is -2.26. The first kappa shape index (κ1) is 27.4. The van der Waals surface area contributed by atoms with Crippen LogP contribution in [-0.4, -0.2) is 38.1 Å². The fourth-order valence-corrected chi connectivity index (χ4v) is 4.41. The number of imidazole rings is 1. The van der Waals surface area contributed by atoms with Crippen LogP contribution < -0.4 is 16.2 Å². The highest BCUT2D eigenvalue weighted by Crippen LogP contribution is 2.36. The maximum Gasteiger partial charge on any atom is 0.201 e. The third kappa shape index (κ3) is 5.19. The van der Waals surface area contributed by atoms with Gasteiger partial charge in [-0.25, -0.2) is 9.37 Å². The Hall–Kier alpha value is -3.63. The van der Waals surface area contributed by atoms with Gasteiger partial charge in [0.2, 0.25) is 5.82 Å². The summed E-state index contributed by atoms with van der Waals surface area (Å²) in [5.41, 5.74) is 16.3. The van der Waals surface area contributed by atoms with E-state index in [-0.39, 0.29) is 42.6 Å². The zero-order chi connectivity index (χ0) is 27.8. The molecule has 4 N–H and O–H groups in total. The lowest BCUT2D eigenvalue weighted by atomic mass is 9.83. The number of pyridine rings is 1. The van der Waals surface area contributed by atoms with Gasteiger partial charge in [-0.2, -0.15) is 9.49 Å². The van der Waals surface area contributed by atoms with Crippen LogP contribution in [0.5, 0.6) is 5.75 Å². The Morgan fingerprint density at radius 3 is 2.61 bits per heavy atom. The Morgan fingerprint density at radius 1 is 1.18 bits per heavy atom. The van der Waals surface area contributed by atoms with E-state index in [0.29, 0.717) is 28.9 Å². The zero-order valence-corrected chi connectivity index (χ0v) is 22.4. The highest BCUT2D eigenvalue weighted by molar-refractivity contribution is 5.95. The standard InChI is InChI=1S/C28H34F2N6O2/c1-16-18(25(34-35(16)5)27(32)28(2,3)4)11-13-38-26-19(7-8-20(29)24(26)30)17-6-9-23-33-14-21(36(23)15-17)22(37)10-12-31/h6-9,14-15,27H,10-13,31-32H2,1-5H3. The molecule has 0 spiro atoms. The third-order valence-corrected chi connectivity index (χ3v) is 6.84. The number of nitrogens with zero attached hydrogens (tertiary/aromatic N) is 4. The van der Waals surface area contributed by atoms with Gasteiger partial charge in [-0.15, -0.1) is 0 Å². The summed E-state index contributed by atoms with van der Waals surface area (Å²) in [4.78, 5) is 16.7. The number of nitrogens with two attached hydrogens (primary N) is 2. The maximum absolute atomic E-state index is 15.1. The number of aromatic nitrogens is 4. The van der Waals surface area contributed by atoms with Gasteiger partial charge in [-0.05, 0) is 43.1 Å². The number of fused-ring (bicyclic) bond motifs is 1. The van der Waals surface area contributed by atoms with Crippen LogP contribution in [0.25, 0.3) is 16.8 Å². The molecule has 0 saturated heterocycles. The van der Waals surface area contributed by atoms with Gasteiger partial charge in [0.05, 0.1) is 24.5 Å². The molecule has 0 fully saturated rings. The molecule has 3 heterocycles. The number of carbonyl (C=O) groups is 1. The van der Waals surface area contributed by atoms with Crippen molar-refractivity contribution in [2.75, 3.05) is 13.2 Å². The highest BCUT2D eigenvalue weighted by atomic mass is 19.2. The summed E-state index contributed by atoms with van der Waals surface area (Å²) in [5.74, 6) is -2.46. The molecule has 4 rings (SSSR count). The average molecular weight is 525 g/mol. The predicted octanol–water partition coefficient (Wildman–Crippen LogP) is 4.52. The molecule has 0 bridgehead atoms. The smallest absolute Gasteiger partial charge is 0.201 e. The lowest BCUT2D eigenvalue weighted by Crippen LogP contribution is -2.28. The third-order valence-electron chi connectivity index (χ3n) is 6.84. The molecule has 0 aliphatic rings. The monoisotopic (exact) mass is 524 g/mol. The maximum atomic E-state index is 15.1. The molecule has 0 aliphatic carbocycles. The number of hydrogen-bond acceptors (Lipinski definition) is 6. The number of ketones is 1. The van der Waals surface area contributed by atoms with Gasteiger partial charge < -0.3 is 16.2 Å². The summed E-state index contributed by atoms with van der Waals surface area (Å²) < 4.78 is 38.6. The van der Waals surface area contributed by atoms with Crippen molar-refractivity contribution in [1.82, 2.24) is 19.2 Å². The minimum Gasteiger partial charge on any atom is -0.489 e. The van der Waals surface area contributed by atoms with Crippen molar-refractivity contribution in [3.05, 3.63) is 70.9 Å². The van der Waals surface area contributed by atoms with Gasteiger partial charge in [0, 0.05) is 48.5 Å². The molecule has 10 heteroatoms. The van der Waals surface area contributed by atoms with Gasteiger partial charge in [0.25, 0.3) is 0 Å². The van der Waals surface area contributed by atoms with E-state index < -0.39 is 11.6 Å². The van der Waals surface area contributed by atoms with Crippen LogP contribution in [0.15, 0.2) is 36.7 Å². The van der Waals surface area contributed by atoms with Crippen LogP contribution in [0.2, 0.25) is 0 Å². The second-order valence-corrected chi connectivity index (χ2v) is 10.5. The van der Waals surface area contributed by atoms with Crippen molar-refractivity contribution in [1.29, 1.82) is 0 Å². The van der Waals surface area contributed by atoms with Crippen LogP contribution in [0.4, 0.5) is 8.78 Å². The Kier molecular flexibility index (Phi) is 7.66. The van der Waals surface area contributed by atoms with E-state index >= 15 is 4.39 Å². The average Bonchev–Trinajstić information content (AvgIpc) is 3.41. The number of Topliss-reactive ketones (excluding diaryl/α,β-unsaturated/α-hetero) is 1. The number of halogens is 2. The quantitative estimate of drug-likeness (QED) is 0.311. The topological polar surface area (TPSA) is 113 Å². The number of benzene rings is 1. The molecule has 0 amide bonds. The summed E-state index contributed by atoms with van der Waals surface area (Å²) in [6, 6.07) is 5.64. The minimum absolute atomic E-state index is 0.0807. The fraction of sp³-hybridized carbons (Fsp3) is 0.393. The van der Waals surface area contributed by atoms with E-state index in [1.165, 1.54) is 12.3 Å². The van der Waals surface area contributed by atoms with Gasteiger partial charge >= 0.3 is 0 Å². The molecule has 8 nitrogen and oxygen atoms in total. The molecule has 4 aromatic rings. The van der Waals surface area contributed by atoms with Crippen molar-refractivity contribution >= 4 is 11.4 Å². The van der Waals surface area contributed by atoms with Gasteiger partial charge in [0.15, 0.2) is 17.3 Å². The molecule has 0 aliphatic heterocycles. The van der Waals surface area contributed by atoms with Crippen molar-refractivity contribution in [3.63, 3.8) is 0 Å². The predicted molar refractivity (Wildman–Crippen MR) is 142 cm³/mol. The Balaban J connectivity index is 1.66. The van der Waals surface area contributed by atoms with Crippen molar-refractivity contribution in [3.8, 4) is 16.9 Å². The fourth-order valence-electron chi connectivity index (χ4n) is 4.41. The molecule has 1 aromatic carbocycles. The molecule has 3 aromatic heterocycles. The molecule has 0 radical (unpaired) electrons. The van der Waals surface area contributed by atoms with E-state index in [4.69, 9.17) is 16.2 Å². The molecular formula is C28H34F2N6O2. The van der Waals surface area contributed by atoms with Crippen molar-refractivity contribution < 1.29 is 18.3 Å². The number of ether oxygens (including phenoxy) is 1. The molecular weight excluding hydrogens is 490 g/mol. The highest BCUT2D eigenvalue weighted by Gasteiger charge is 2.28. The summed E-state index contributed by atoms with van der Waals surface area (Å²) in [6.45, 7) is 8.37. The van der Waals surface area contributed by atoms with Gasteiger partial charge in [-0.1, -0.05) is 20.8 Å². The van der Waals surface area contributed by atoms with Gasteiger partial charge in [-0.3, -0.25) is 13.9 Å². The van der Waals surface area contributed by atoms with Gasteiger partial charge in [0.1, 0.15) is 11.3 Å². The van der Waals surface area contributed by atoms with Crippen LogP contribution in [0.1, 0.15) is 60.7 Å². The van der Waals surface area contributed by atoms with E-state index in [1.54, 1.807) is 27.4 Å². The minimum atomic E-state index is -1.08. The van der Waals surface area contributed by atoms with Crippen molar-refractivity contribution in [2.45, 2.75) is 46.6 Å². The summed E-state index contributed by atoms with van der Waals surface area (Å²) in [5, 5.41) is 4.62. The van der Waals surface area contributed by atoms with Crippen molar-refractivity contribution in [2.24, 2.45) is 23.9 Å². The molecule has 202 valence electrons. The Labute approximate surface area is 220 Å². The first-order valence-corrected chi connectivity index (χ1v) is 12.5. The Morgan fingerprint density at radius 2 is 1.92 bits per heavy atom. The number of hydrogen-bond donors (Lipinski definition) is 2. The molecule has 38 heavy (non-hydrogen) atoms. The molecule has 0 saturated carbocycles. The first-order chi connectivity index (χ1) is 17.9. The largest absolute Gasteiger partial charge is 0.489 e. The summed E-state index contributed by atoms with van der Waals surface area (Å²) in [6.07, 6.45) is 3.73. The number of carbonyl (C=O) groups excluding carboxylic acids is 1. The van der Waals surface area contributed by atoms with E-state index in [2.05, 4.69) is 10.1 Å². The van der Waals surface area contributed by atoms with Crippen LogP contribution in [0, 0.1) is 24.0 Å². The lowest BCUT2D eigenvalue weighted by molar-refractivity contribution is 0.0980. The second kappa shape index (κ2) is 10.6. The number of aryl methyl sites for hydroxylation is 1. The SMILES string of the molecule is Cc1c(CCOc2c(-c3ccc4ncc(C(=O)CCN)n4c3)ccc(F)c2F)c(C(N)C(C)(C)C)nn1C. The summed E-state index contributed by atoms with van der Waals surface area (Å²) in [7, 11) is 1.85. The van der Waals surface area contributed by atoms with E-state index in [1.807, 2.05) is 34.7 Å². The van der Waals surface area contributed by atoms with E-state index in [9.17, 15) is 9.18 Å². The molecule has 1 unspecified atom stereocenters. The van der Waals surface area contributed by atoms with Crippen LogP contribution in [0.3, 0.4) is 0 Å². The Bertz CT molecular complexity index is 1480. The molecule has 1 atom stereocenters. The second-order valence-electron chi connectivity index (χ2n) is 10.5. The zero-order valence-electron chi connectivity index (χ0n) is 22.4. The number of rotatable bonds is 9. The van der Waals surface area contributed by atoms with Crippen LogP contribution >= 0.6 is 0 Å². The normalized spacial score (nSPS) is 12.8. The van der Waals surface area contributed by atoms with E-state index in [0.717, 1.165) is 23.0 Å². The van der Waals surface area contributed by atoms with Crippen LogP contribution in [-0.2, 0) is 13.5 Å². The summed E-state index contributed by atoms with van der Waals surface area (Å²) >= 11 is 0.